The van der Waals surface area contributed by atoms with Gasteiger partial charge in [0, 0.05) is 22.8 Å². The van der Waals surface area contributed by atoms with E-state index in [0.29, 0.717) is 0 Å². The average Bonchev–Trinajstić information content (AvgIpc) is 2.95. The molecule has 0 fully saturated rings. The lowest BCUT2D eigenvalue weighted by molar-refractivity contribution is -0.120. The number of aromatic nitrogens is 1. The summed E-state index contributed by atoms with van der Waals surface area (Å²) in [6.07, 6.45) is 1.94. The Labute approximate surface area is 136 Å². The lowest BCUT2D eigenvalue weighted by Gasteiger charge is -2.24. The second-order valence-corrected chi connectivity index (χ2v) is 6.65. The number of carbonyl (C=O) groups is 1. The Balaban J connectivity index is 1.95. The Morgan fingerprint density at radius 3 is 2.61 bits per heavy atom. The van der Waals surface area contributed by atoms with Crippen molar-refractivity contribution in [2.24, 2.45) is 0 Å². The van der Waals surface area contributed by atoms with E-state index in [1.54, 1.807) is 0 Å². The molecule has 3 heteroatoms. The van der Waals surface area contributed by atoms with E-state index in [9.17, 15) is 4.79 Å². The summed E-state index contributed by atoms with van der Waals surface area (Å²) in [6, 6.07) is 14.2. The highest BCUT2D eigenvalue weighted by molar-refractivity contribution is 6.02. The predicted molar refractivity (Wildman–Crippen MR) is 95.9 cm³/mol. The summed E-state index contributed by atoms with van der Waals surface area (Å²) >= 11 is 0. The fourth-order valence-electron chi connectivity index (χ4n) is 2.86. The number of aryl methyl sites for hydroxylation is 2. The topological polar surface area (TPSA) is 44.9 Å². The molecule has 23 heavy (non-hydrogen) atoms. The summed E-state index contributed by atoms with van der Waals surface area (Å²) in [5.41, 5.74) is 4.51. The maximum atomic E-state index is 12.9. The van der Waals surface area contributed by atoms with Gasteiger partial charge in [-0.15, -0.1) is 0 Å². The molecule has 0 saturated carbocycles. The van der Waals surface area contributed by atoms with Crippen molar-refractivity contribution in [3.63, 3.8) is 0 Å². The first-order chi connectivity index (χ1) is 10.9. The fourth-order valence-corrected chi connectivity index (χ4v) is 2.86. The molecular weight excluding hydrogens is 284 g/mol. The zero-order valence-corrected chi connectivity index (χ0v) is 14.0. The molecule has 2 N–H and O–H groups in total. The van der Waals surface area contributed by atoms with Gasteiger partial charge in [-0.2, -0.15) is 0 Å². The zero-order valence-electron chi connectivity index (χ0n) is 14.0. The van der Waals surface area contributed by atoms with Gasteiger partial charge < -0.3 is 10.3 Å². The second kappa shape index (κ2) is 5.58. The molecule has 0 aliphatic carbocycles. The molecule has 0 spiro atoms. The van der Waals surface area contributed by atoms with Crippen molar-refractivity contribution >= 4 is 22.5 Å². The molecule has 0 aliphatic rings. The summed E-state index contributed by atoms with van der Waals surface area (Å²) in [5.74, 6) is -0.00375. The van der Waals surface area contributed by atoms with Crippen LogP contribution in [0.5, 0.6) is 0 Å². The number of carbonyl (C=O) groups excluding carboxylic acids is 1. The van der Waals surface area contributed by atoms with Crippen molar-refractivity contribution in [3.05, 3.63) is 65.4 Å². The number of benzene rings is 2. The maximum absolute atomic E-state index is 12.9. The highest BCUT2D eigenvalue weighted by Crippen LogP contribution is 2.32. The molecule has 0 unspecified atom stereocenters. The van der Waals surface area contributed by atoms with E-state index in [0.717, 1.165) is 33.3 Å². The first kappa shape index (κ1) is 15.3. The highest BCUT2D eigenvalue weighted by atomic mass is 16.2. The third-order valence-corrected chi connectivity index (χ3v) is 4.47. The number of aromatic amines is 1. The predicted octanol–water partition coefficient (Wildman–Crippen LogP) is 4.70. The molecule has 0 aliphatic heterocycles. The van der Waals surface area contributed by atoms with Gasteiger partial charge in [0.05, 0.1) is 5.41 Å². The largest absolute Gasteiger partial charge is 0.361 e. The number of hydrogen-bond acceptors (Lipinski definition) is 1. The van der Waals surface area contributed by atoms with Crippen LogP contribution in [0.1, 0.15) is 30.5 Å². The number of fused-ring (bicyclic) bond motifs is 1. The Hall–Kier alpha value is -2.55. The van der Waals surface area contributed by atoms with Gasteiger partial charge in [-0.1, -0.05) is 30.3 Å². The van der Waals surface area contributed by atoms with Crippen LogP contribution in [0, 0.1) is 13.8 Å². The summed E-state index contributed by atoms with van der Waals surface area (Å²) in [6.45, 7) is 7.96. The van der Waals surface area contributed by atoms with E-state index in [1.807, 2.05) is 70.3 Å². The van der Waals surface area contributed by atoms with Gasteiger partial charge >= 0.3 is 0 Å². The molecule has 3 aromatic rings. The number of anilines is 1. The van der Waals surface area contributed by atoms with Gasteiger partial charge in [-0.3, -0.25) is 4.79 Å². The first-order valence-corrected chi connectivity index (χ1v) is 7.85. The monoisotopic (exact) mass is 306 g/mol. The van der Waals surface area contributed by atoms with Crippen LogP contribution in [0.25, 0.3) is 10.9 Å². The number of H-pyrrole nitrogens is 1. The van der Waals surface area contributed by atoms with Gasteiger partial charge in [0.15, 0.2) is 0 Å². The van der Waals surface area contributed by atoms with Crippen LogP contribution in [-0.4, -0.2) is 10.9 Å². The lowest BCUT2D eigenvalue weighted by Crippen LogP contribution is -2.34. The molecule has 1 aromatic heterocycles. The van der Waals surface area contributed by atoms with Gasteiger partial charge in [-0.05, 0) is 56.5 Å². The minimum Gasteiger partial charge on any atom is -0.361 e. The molecule has 0 saturated heterocycles. The second-order valence-electron chi connectivity index (χ2n) is 6.65. The molecule has 1 heterocycles. The van der Waals surface area contributed by atoms with E-state index < -0.39 is 5.41 Å². The maximum Gasteiger partial charge on any atom is 0.234 e. The Bertz CT molecular complexity index is 874. The van der Waals surface area contributed by atoms with Crippen LogP contribution in [0.4, 0.5) is 5.69 Å². The van der Waals surface area contributed by atoms with Gasteiger partial charge in [0.1, 0.15) is 0 Å². The Morgan fingerprint density at radius 1 is 1.09 bits per heavy atom. The Kier molecular flexibility index (Phi) is 3.72. The molecule has 2 aromatic carbocycles. The minimum atomic E-state index is -0.629. The van der Waals surface area contributed by atoms with E-state index in [4.69, 9.17) is 0 Å². The quantitative estimate of drug-likeness (QED) is 0.723. The SMILES string of the molecule is Cc1ccc(C)c(NC(=O)C(C)(C)c2c[nH]c3ccccc23)c1. The van der Waals surface area contributed by atoms with Crippen LogP contribution in [-0.2, 0) is 10.2 Å². The summed E-state index contributed by atoms with van der Waals surface area (Å²) in [4.78, 5) is 16.2. The molecular formula is C20H22N2O. The summed E-state index contributed by atoms with van der Waals surface area (Å²) < 4.78 is 0. The lowest BCUT2D eigenvalue weighted by atomic mass is 9.83. The zero-order chi connectivity index (χ0) is 16.6. The Morgan fingerprint density at radius 2 is 1.83 bits per heavy atom. The van der Waals surface area contributed by atoms with E-state index in [1.165, 1.54) is 0 Å². The smallest absolute Gasteiger partial charge is 0.234 e. The minimum absolute atomic E-state index is 0.00375. The van der Waals surface area contributed by atoms with Crippen LogP contribution in [0.3, 0.4) is 0 Å². The molecule has 3 rings (SSSR count). The van der Waals surface area contributed by atoms with Crippen molar-refractivity contribution in [3.8, 4) is 0 Å². The van der Waals surface area contributed by atoms with Crippen LogP contribution in [0.15, 0.2) is 48.7 Å². The molecule has 0 atom stereocenters. The number of amides is 1. The normalized spacial score (nSPS) is 11.7. The molecule has 0 bridgehead atoms. The fraction of sp³-hybridized carbons (Fsp3) is 0.250. The van der Waals surface area contributed by atoms with Crippen molar-refractivity contribution in [1.29, 1.82) is 0 Å². The van der Waals surface area contributed by atoms with Crippen molar-refractivity contribution in [2.75, 3.05) is 5.32 Å². The van der Waals surface area contributed by atoms with E-state index in [-0.39, 0.29) is 5.91 Å². The van der Waals surface area contributed by atoms with Crippen LogP contribution >= 0.6 is 0 Å². The van der Waals surface area contributed by atoms with Crippen molar-refractivity contribution in [1.82, 2.24) is 4.98 Å². The van der Waals surface area contributed by atoms with Gasteiger partial charge in [-0.25, -0.2) is 0 Å². The van der Waals surface area contributed by atoms with Gasteiger partial charge in [0.25, 0.3) is 0 Å². The van der Waals surface area contributed by atoms with Crippen LogP contribution in [0.2, 0.25) is 0 Å². The number of para-hydroxylation sites is 1. The molecule has 0 radical (unpaired) electrons. The van der Waals surface area contributed by atoms with Crippen molar-refractivity contribution < 1.29 is 4.79 Å². The van der Waals surface area contributed by atoms with Gasteiger partial charge in [0.2, 0.25) is 5.91 Å². The summed E-state index contributed by atoms with van der Waals surface area (Å²) in [5, 5.41) is 4.18. The van der Waals surface area contributed by atoms with E-state index in [2.05, 4.69) is 16.4 Å². The third-order valence-electron chi connectivity index (χ3n) is 4.47. The van der Waals surface area contributed by atoms with E-state index >= 15 is 0 Å². The number of hydrogen-bond donors (Lipinski definition) is 2. The highest BCUT2D eigenvalue weighted by Gasteiger charge is 2.32. The molecule has 118 valence electrons. The van der Waals surface area contributed by atoms with Crippen molar-refractivity contribution in [2.45, 2.75) is 33.1 Å². The molecule has 1 amide bonds. The standard InChI is InChI=1S/C20H22N2O/c1-13-9-10-14(2)18(11-13)22-19(23)20(3,4)16-12-21-17-8-6-5-7-15(16)17/h5-12,21H,1-4H3,(H,22,23). The molecule has 3 nitrogen and oxygen atoms in total. The first-order valence-electron chi connectivity index (χ1n) is 7.85. The third kappa shape index (κ3) is 2.74. The average molecular weight is 306 g/mol. The van der Waals surface area contributed by atoms with Crippen LogP contribution < -0.4 is 5.32 Å². The summed E-state index contributed by atoms with van der Waals surface area (Å²) in [7, 11) is 0. The number of nitrogens with one attached hydrogen (secondary N) is 2. The number of rotatable bonds is 3.